The second kappa shape index (κ2) is 9.27. The molecular formula is C28H26N4O2. The SMILES string of the molecule is CC(C)n1cc(-c2ccc(Oc3cccc(OCc4ccccc4)c3)cc2)c2c(N)ncnc21. The van der Waals surface area contributed by atoms with Crippen molar-refractivity contribution in [3.63, 3.8) is 0 Å². The van der Waals surface area contributed by atoms with Crippen LogP contribution in [0.15, 0.2) is 91.4 Å². The first kappa shape index (κ1) is 21.5. The Morgan fingerprint density at radius 2 is 1.62 bits per heavy atom. The minimum atomic E-state index is 0.254. The highest BCUT2D eigenvalue weighted by atomic mass is 16.5. The molecular weight excluding hydrogens is 424 g/mol. The lowest BCUT2D eigenvalue weighted by atomic mass is 10.1. The Kier molecular flexibility index (Phi) is 5.87. The van der Waals surface area contributed by atoms with Crippen molar-refractivity contribution >= 4 is 16.9 Å². The molecule has 0 atom stereocenters. The van der Waals surface area contributed by atoms with Crippen LogP contribution in [0.5, 0.6) is 17.2 Å². The van der Waals surface area contributed by atoms with Crippen LogP contribution in [0.25, 0.3) is 22.2 Å². The van der Waals surface area contributed by atoms with E-state index >= 15 is 0 Å². The fraction of sp³-hybridized carbons (Fsp3) is 0.143. The van der Waals surface area contributed by atoms with Crippen LogP contribution < -0.4 is 15.2 Å². The second-order valence-corrected chi connectivity index (χ2v) is 8.38. The zero-order chi connectivity index (χ0) is 23.5. The Hall–Kier alpha value is -4.32. The van der Waals surface area contributed by atoms with Crippen LogP contribution in [-0.2, 0) is 6.61 Å². The van der Waals surface area contributed by atoms with Gasteiger partial charge in [-0.1, -0.05) is 48.5 Å². The highest BCUT2D eigenvalue weighted by Crippen LogP contribution is 2.35. The molecule has 0 saturated heterocycles. The molecule has 0 saturated carbocycles. The topological polar surface area (TPSA) is 75.2 Å². The number of ether oxygens (including phenoxy) is 2. The van der Waals surface area contributed by atoms with Crippen molar-refractivity contribution < 1.29 is 9.47 Å². The average molecular weight is 451 g/mol. The number of nitrogens with two attached hydrogens (primary N) is 1. The van der Waals surface area contributed by atoms with Gasteiger partial charge in [0.2, 0.25) is 0 Å². The van der Waals surface area contributed by atoms with Crippen molar-refractivity contribution in [1.82, 2.24) is 14.5 Å². The number of nitrogens with zero attached hydrogens (tertiary/aromatic N) is 3. The summed E-state index contributed by atoms with van der Waals surface area (Å²) in [6.45, 7) is 4.75. The highest BCUT2D eigenvalue weighted by Gasteiger charge is 2.16. The number of fused-ring (bicyclic) bond motifs is 1. The van der Waals surface area contributed by atoms with Crippen molar-refractivity contribution in [2.75, 3.05) is 5.73 Å². The molecule has 170 valence electrons. The number of aromatic nitrogens is 3. The van der Waals surface area contributed by atoms with Crippen molar-refractivity contribution in [3.8, 4) is 28.4 Å². The predicted molar refractivity (Wildman–Crippen MR) is 135 cm³/mol. The van der Waals surface area contributed by atoms with Gasteiger partial charge < -0.3 is 19.8 Å². The summed E-state index contributed by atoms with van der Waals surface area (Å²) in [4.78, 5) is 8.66. The zero-order valence-electron chi connectivity index (χ0n) is 19.2. The average Bonchev–Trinajstić information content (AvgIpc) is 3.26. The molecule has 0 aliphatic heterocycles. The summed E-state index contributed by atoms with van der Waals surface area (Å²) in [5.74, 6) is 2.69. The molecule has 2 aromatic heterocycles. The standard InChI is InChI=1S/C28H26N4O2/c1-19(2)32-16-25(26-27(29)30-18-31-28(26)32)21-11-13-22(14-12-21)34-24-10-6-9-23(15-24)33-17-20-7-4-3-5-8-20/h3-16,18-19H,17H2,1-2H3,(H2,29,30,31). The maximum absolute atomic E-state index is 6.21. The molecule has 2 N–H and O–H groups in total. The number of benzene rings is 3. The number of hydrogen-bond donors (Lipinski definition) is 1. The van der Waals surface area contributed by atoms with Crippen molar-refractivity contribution in [1.29, 1.82) is 0 Å². The number of hydrogen-bond acceptors (Lipinski definition) is 5. The van der Waals surface area contributed by atoms with Crippen LogP contribution in [0, 0.1) is 0 Å². The maximum atomic E-state index is 6.21. The first-order valence-corrected chi connectivity index (χ1v) is 11.2. The fourth-order valence-electron chi connectivity index (χ4n) is 3.93. The molecule has 6 heteroatoms. The van der Waals surface area contributed by atoms with Gasteiger partial charge in [0, 0.05) is 23.9 Å². The molecule has 5 rings (SSSR count). The van der Waals surface area contributed by atoms with Crippen LogP contribution in [-0.4, -0.2) is 14.5 Å². The molecule has 34 heavy (non-hydrogen) atoms. The molecule has 2 heterocycles. The molecule has 6 nitrogen and oxygen atoms in total. The van der Waals surface area contributed by atoms with Gasteiger partial charge in [0.1, 0.15) is 41.6 Å². The monoisotopic (exact) mass is 450 g/mol. The maximum Gasteiger partial charge on any atom is 0.146 e. The number of nitrogen functional groups attached to an aromatic ring is 1. The van der Waals surface area contributed by atoms with Gasteiger partial charge in [-0.15, -0.1) is 0 Å². The first-order chi connectivity index (χ1) is 16.6. The van der Waals surface area contributed by atoms with Crippen LogP contribution in [0.2, 0.25) is 0 Å². The molecule has 0 aliphatic carbocycles. The summed E-state index contributed by atoms with van der Waals surface area (Å²) >= 11 is 0. The molecule has 0 bridgehead atoms. The second-order valence-electron chi connectivity index (χ2n) is 8.38. The van der Waals surface area contributed by atoms with E-state index in [9.17, 15) is 0 Å². The summed E-state index contributed by atoms with van der Waals surface area (Å²) < 4.78 is 14.1. The van der Waals surface area contributed by atoms with E-state index in [0.717, 1.165) is 39.2 Å². The molecule has 0 radical (unpaired) electrons. The van der Waals surface area contributed by atoms with E-state index in [0.29, 0.717) is 18.2 Å². The summed E-state index contributed by atoms with van der Waals surface area (Å²) in [6, 6.07) is 25.9. The van der Waals surface area contributed by atoms with Crippen molar-refractivity contribution in [2.45, 2.75) is 26.5 Å². The van der Waals surface area contributed by atoms with Gasteiger partial charge in [-0.05, 0) is 49.2 Å². The van der Waals surface area contributed by atoms with Gasteiger partial charge >= 0.3 is 0 Å². The molecule has 3 aromatic carbocycles. The summed E-state index contributed by atoms with van der Waals surface area (Å²) in [5, 5.41) is 0.869. The smallest absolute Gasteiger partial charge is 0.146 e. The van der Waals surface area contributed by atoms with Crippen molar-refractivity contribution in [2.24, 2.45) is 0 Å². The van der Waals surface area contributed by atoms with Crippen LogP contribution in [0.3, 0.4) is 0 Å². The van der Waals surface area contributed by atoms with Gasteiger partial charge in [-0.3, -0.25) is 0 Å². The Morgan fingerprint density at radius 1 is 0.853 bits per heavy atom. The third kappa shape index (κ3) is 4.43. The van der Waals surface area contributed by atoms with E-state index in [2.05, 4.69) is 34.6 Å². The Morgan fingerprint density at radius 3 is 2.38 bits per heavy atom. The number of anilines is 1. The minimum Gasteiger partial charge on any atom is -0.489 e. The normalized spacial score (nSPS) is 11.1. The van der Waals surface area contributed by atoms with Crippen LogP contribution in [0.4, 0.5) is 5.82 Å². The first-order valence-electron chi connectivity index (χ1n) is 11.2. The van der Waals surface area contributed by atoms with E-state index in [4.69, 9.17) is 15.2 Å². The van der Waals surface area contributed by atoms with Crippen molar-refractivity contribution in [3.05, 3.63) is 97.0 Å². The Bertz CT molecular complexity index is 1410. The van der Waals surface area contributed by atoms with E-state index in [-0.39, 0.29) is 6.04 Å². The quantitative estimate of drug-likeness (QED) is 0.301. The molecule has 0 unspecified atom stereocenters. The fourth-order valence-corrected chi connectivity index (χ4v) is 3.93. The van der Waals surface area contributed by atoms with Gasteiger partial charge in [-0.25, -0.2) is 9.97 Å². The lowest BCUT2D eigenvalue weighted by molar-refractivity contribution is 0.304. The highest BCUT2D eigenvalue weighted by molar-refractivity contribution is 6.00. The molecule has 5 aromatic rings. The van der Waals surface area contributed by atoms with Crippen LogP contribution >= 0.6 is 0 Å². The summed E-state index contributed by atoms with van der Waals surface area (Å²) in [5.41, 5.74) is 10.2. The van der Waals surface area contributed by atoms with E-state index < -0.39 is 0 Å². The Labute approximate surface area is 198 Å². The third-order valence-electron chi connectivity index (χ3n) is 5.65. The van der Waals surface area contributed by atoms with E-state index in [1.165, 1.54) is 6.33 Å². The lowest BCUT2D eigenvalue weighted by Crippen LogP contribution is -2.00. The predicted octanol–water partition coefficient (Wildman–Crippen LogP) is 6.63. The summed E-state index contributed by atoms with van der Waals surface area (Å²) in [7, 11) is 0. The number of rotatable bonds is 7. The van der Waals surface area contributed by atoms with Gasteiger partial charge in [0.15, 0.2) is 0 Å². The largest absolute Gasteiger partial charge is 0.489 e. The van der Waals surface area contributed by atoms with E-state index in [1.54, 1.807) is 0 Å². The van der Waals surface area contributed by atoms with E-state index in [1.807, 2.05) is 78.9 Å². The lowest BCUT2D eigenvalue weighted by Gasteiger charge is -2.10. The Balaban J connectivity index is 1.35. The molecule has 0 spiro atoms. The third-order valence-corrected chi connectivity index (χ3v) is 5.65. The zero-order valence-corrected chi connectivity index (χ0v) is 19.2. The summed E-state index contributed by atoms with van der Waals surface area (Å²) in [6.07, 6.45) is 3.60. The van der Waals surface area contributed by atoms with Gasteiger partial charge in [-0.2, -0.15) is 0 Å². The van der Waals surface area contributed by atoms with Crippen LogP contribution in [0.1, 0.15) is 25.5 Å². The molecule has 0 aliphatic rings. The molecule has 0 amide bonds. The molecule has 0 fully saturated rings. The van der Waals surface area contributed by atoms with Gasteiger partial charge in [0.05, 0.1) is 5.39 Å². The van der Waals surface area contributed by atoms with Gasteiger partial charge in [0.25, 0.3) is 0 Å². The minimum absolute atomic E-state index is 0.254.